The highest BCUT2D eigenvalue weighted by Crippen LogP contribution is 2.38. The summed E-state index contributed by atoms with van der Waals surface area (Å²) < 4.78 is 42.8. The normalized spacial score (nSPS) is 10.9. The molecule has 1 N–H and O–H groups in total. The topological polar surface area (TPSA) is 145 Å². The standard InChI is InChI=1S/C31H28FN5O8/c1-17(2)37-31(40)36(19-8-6-18(32)7-9-19)29(38)28(35-37)45-30(39)34-22-11-10-20(14-25(22)41-3)44-24-12-13-33-23-16-27(43-5)26(42-4)15-21(23)24/h6-17H,1-5H3,(H,34,39). The van der Waals surface area contributed by atoms with Gasteiger partial charge >= 0.3 is 23.2 Å². The van der Waals surface area contributed by atoms with Gasteiger partial charge in [-0.05, 0) is 62.4 Å². The van der Waals surface area contributed by atoms with Crippen molar-refractivity contribution in [3.05, 3.63) is 93.5 Å². The fraction of sp³-hybridized carbons (Fsp3) is 0.194. The van der Waals surface area contributed by atoms with Crippen molar-refractivity contribution in [1.82, 2.24) is 19.3 Å². The number of halogens is 1. The predicted molar refractivity (Wildman–Crippen MR) is 162 cm³/mol. The molecule has 0 saturated carbocycles. The first-order valence-corrected chi connectivity index (χ1v) is 13.5. The van der Waals surface area contributed by atoms with Gasteiger partial charge in [0, 0.05) is 23.7 Å². The Bertz CT molecular complexity index is 2010. The number of anilines is 1. The number of rotatable bonds is 9. The minimum absolute atomic E-state index is 0.0743. The lowest BCUT2D eigenvalue weighted by molar-refractivity contribution is 0.210. The summed E-state index contributed by atoms with van der Waals surface area (Å²) in [5, 5.41) is 7.13. The summed E-state index contributed by atoms with van der Waals surface area (Å²) >= 11 is 0. The van der Waals surface area contributed by atoms with Crippen LogP contribution in [-0.2, 0) is 0 Å². The molecule has 3 aromatic carbocycles. The maximum atomic E-state index is 13.5. The number of pyridine rings is 1. The van der Waals surface area contributed by atoms with Crippen molar-refractivity contribution in [1.29, 1.82) is 0 Å². The minimum Gasteiger partial charge on any atom is -0.494 e. The fourth-order valence-corrected chi connectivity index (χ4v) is 4.41. The Balaban J connectivity index is 1.41. The van der Waals surface area contributed by atoms with Crippen LogP contribution < -0.4 is 40.3 Å². The van der Waals surface area contributed by atoms with E-state index in [-0.39, 0.29) is 17.1 Å². The summed E-state index contributed by atoms with van der Waals surface area (Å²) in [5.74, 6) is 0.869. The van der Waals surface area contributed by atoms with E-state index in [9.17, 15) is 18.8 Å². The zero-order chi connectivity index (χ0) is 32.2. The number of hydrogen-bond donors (Lipinski definition) is 1. The maximum Gasteiger partial charge on any atom is 0.418 e. The molecule has 0 spiro atoms. The van der Waals surface area contributed by atoms with Crippen LogP contribution in [0.5, 0.6) is 34.6 Å². The van der Waals surface area contributed by atoms with Gasteiger partial charge < -0.3 is 23.7 Å². The van der Waals surface area contributed by atoms with E-state index >= 15 is 0 Å². The maximum absolute atomic E-state index is 13.5. The summed E-state index contributed by atoms with van der Waals surface area (Å²) in [5.41, 5.74) is -0.907. The molecule has 5 aromatic rings. The molecule has 5 rings (SSSR count). The first-order chi connectivity index (χ1) is 21.6. The molecule has 0 aliphatic heterocycles. The minimum atomic E-state index is -1.08. The van der Waals surface area contributed by atoms with Crippen LogP contribution in [0.15, 0.2) is 76.4 Å². The molecule has 0 saturated heterocycles. The van der Waals surface area contributed by atoms with Crippen molar-refractivity contribution in [2.75, 3.05) is 26.6 Å². The summed E-state index contributed by atoms with van der Waals surface area (Å²) in [7, 11) is 4.46. The lowest BCUT2D eigenvalue weighted by Crippen LogP contribution is -2.42. The van der Waals surface area contributed by atoms with Gasteiger partial charge in [-0.25, -0.2) is 23.2 Å². The van der Waals surface area contributed by atoms with Gasteiger partial charge in [0.2, 0.25) is 0 Å². The van der Waals surface area contributed by atoms with Crippen LogP contribution in [0, 0.1) is 5.82 Å². The highest BCUT2D eigenvalue weighted by molar-refractivity contribution is 5.89. The van der Waals surface area contributed by atoms with Gasteiger partial charge in [0.05, 0.1) is 44.3 Å². The largest absolute Gasteiger partial charge is 0.494 e. The number of nitrogens with one attached hydrogen (secondary N) is 1. The quantitative estimate of drug-likeness (QED) is 0.237. The van der Waals surface area contributed by atoms with Crippen LogP contribution >= 0.6 is 0 Å². The smallest absolute Gasteiger partial charge is 0.418 e. The van der Waals surface area contributed by atoms with Gasteiger partial charge in [-0.1, -0.05) is 0 Å². The second-order valence-electron chi connectivity index (χ2n) is 9.76. The highest BCUT2D eigenvalue weighted by atomic mass is 19.1. The van der Waals surface area contributed by atoms with E-state index < -0.39 is 35.1 Å². The number of amides is 1. The van der Waals surface area contributed by atoms with Crippen LogP contribution in [0.4, 0.5) is 14.9 Å². The Morgan fingerprint density at radius 3 is 2.22 bits per heavy atom. The van der Waals surface area contributed by atoms with Crippen LogP contribution in [0.2, 0.25) is 0 Å². The third-order valence-electron chi connectivity index (χ3n) is 6.58. The number of methoxy groups -OCH3 is 3. The van der Waals surface area contributed by atoms with E-state index in [0.29, 0.717) is 33.9 Å². The third kappa shape index (κ3) is 6.25. The fourth-order valence-electron chi connectivity index (χ4n) is 4.41. The summed E-state index contributed by atoms with van der Waals surface area (Å²) in [4.78, 5) is 43.5. The molecule has 0 aliphatic rings. The average molecular weight is 618 g/mol. The molecule has 13 nitrogen and oxygen atoms in total. The summed E-state index contributed by atoms with van der Waals surface area (Å²) in [6.45, 7) is 3.32. The number of nitrogens with zero attached hydrogens (tertiary/aromatic N) is 4. The number of fused-ring (bicyclic) bond motifs is 1. The number of hydrogen-bond acceptors (Lipinski definition) is 10. The molecule has 0 fully saturated rings. The van der Waals surface area contributed by atoms with E-state index in [0.717, 1.165) is 21.4 Å². The van der Waals surface area contributed by atoms with E-state index in [1.807, 2.05) is 0 Å². The molecule has 0 aliphatic carbocycles. The number of benzene rings is 3. The molecule has 2 aromatic heterocycles. The lowest BCUT2D eigenvalue weighted by Gasteiger charge is -2.15. The van der Waals surface area contributed by atoms with Gasteiger partial charge in [-0.15, -0.1) is 5.10 Å². The van der Waals surface area contributed by atoms with E-state index in [1.165, 1.54) is 39.5 Å². The monoisotopic (exact) mass is 617 g/mol. The van der Waals surface area contributed by atoms with Crippen LogP contribution in [0.25, 0.3) is 16.6 Å². The SMILES string of the molecule is COc1cc(Oc2ccnc3cc(OC)c(OC)cc23)ccc1NC(=O)Oc1nn(C(C)C)c(=O)n(-c2ccc(F)cc2)c1=O. The zero-order valence-electron chi connectivity index (χ0n) is 24.9. The molecule has 0 radical (unpaired) electrons. The van der Waals surface area contributed by atoms with Crippen LogP contribution in [0.3, 0.4) is 0 Å². The molecule has 45 heavy (non-hydrogen) atoms. The molecule has 0 unspecified atom stereocenters. The number of carbonyl (C=O) groups is 1. The van der Waals surface area contributed by atoms with Gasteiger partial charge in [-0.3, -0.25) is 15.1 Å². The number of ether oxygens (including phenoxy) is 5. The van der Waals surface area contributed by atoms with Gasteiger partial charge in [0.25, 0.3) is 0 Å². The Morgan fingerprint density at radius 1 is 0.867 bits per heavy atom. The Kier molecular flexibility index (Phi) is 8.65. The van der Waals surface area contributed by atoms with E-state index in [2.05, 4.69) is 15.4 Å². The van der Waals surface area contributed by atoms with Crippen LogP contribution in [0.1, 0.15) is 19.9 Å². The second-order valence-corrected chi connectivity index (χ2v) is 9.76. The van der Waals surface area contributed by atoms with Gasteiger partial charge in [-0.2, -0.15) is 0 Å². The van der Waals surface area contributed by atoms with Crippen molar-refractivity contribution in [2.24, 2.45) is 0 Å². The van der Waals surface area contributed by atoms with E-state index in [1.54, 1.807) is 50.4 Å². The summed E-state index contributed by atoms with van der Waals surface area (Å²) in [6.07, 6.45) is 0.514. The van der Waals surface area contributed by atoms with Crippen molar-refractivity contribution in [3.63, 3.8) is 0 Å². The van der Waals surface area contributed by atoms with Gasteiger partial charge in [0.15, 0.2) is 11.5 Å². The number of carbonyl (C=O) groups excluding carboxylic acids is 1. The van der Waals surface area contributed by atoms with Crippen LogP contribution in [-0.4, -0.2) is 46.8 Å². The molecular weight excluding hydrogens is 589 g/mol. The van der Waals surface area contributed by atoms with E-state index in [4.69, 9.17) is 23.7 Å². The molecule has 232 valence electrons. The Morgan fingerprint density at radius 2 is 1.56 bits per heavy atom. The summed E-state index contributed by atoms with van der Waals surface area (Å²) in [6, 6.07) is 14.0. The molecular formula is C31H28FN5O8. The molecule has 0 bridgehead atoms. The van der Waals surface area contributed by atoms with Crippen molar-refractivity contribution < 1.29 is 32.9 Å². The predicted octanol–water partition coefficient (Wildman–Crippen LogP) is 5.09. The molecule has 0 atom stereocenters. The number of aromatic nitrogens is 4. The second kappa shape index (κ2) is 12.8. The molecule has 1 amide bonds. The Labute approximate surface area is 255 Å². The highest BCUT2D eigenvalue weighted by Gasteiger charge is 2.21. The lowest BCUT2D eigenvalue weighted by atomic mass is 10.2. The Hall–Kier alpha value is -5.92. The van der Waals surface area contributed by atoms with Crippen molar-refractivity contribution in [2.45, 2.75) is 19.9 Å². The van der Waals surface area contributed by atoms with Crippen molar-refractivity contribution in [3.8, 4) is 40.3 Å². The van der Waals surface area contributed by atoms with Gasteiger partial charge in [0.1, 0.15) is 23.1 Å². The van der Waals surface area contributed by atoms with Crippen molar-refractivity contribution >= 4 is 22.7 Å². The first-order valence-electron chi connectivity index (χ1n) is 13.5. The third-order valence-corrected chi connectivity index (χ3v) is 6.58. The zero-order valence-corrected chi connectivity index (χ0v) is 24.9. The average Bonchev–Trinajstić information content (AvgIpc) is 3.03. The molecule has 2 heterocycles. The first kappa shape index (κ1) is 30.5. The molecule has 14 heteroatoms.